The van der Waals surface area contributed by atoms with Crippen molar-refractivity contribution in [2.75, 3.05) is 25.0 Å². The summed E-state index contributed by atoms with van der Waals surface area (Å²) in [6.07, 6.45) is 3.79. The SMILES string of the molecule is CNC(C)c1ccnc(N2CCC(C(C)O)CC2)c1. The van der Waals surface area contributed by atoms with E-state index in [0.717, 1.165) is 31.7 Å². The highest BCUT2D eigenvalue weighted by Crippen LogP contribution is 2.25. The van der Waals surface area contributed by atoms with Gasteiger partial charge >= 0.3 is 0 Å². The molecule has 0 amide bonds. The van der Waals surface area contributed by atoms with Crippen LogP contribution in [0.15, 0.2) is 18.3 Å². The zero-order valence-corrected chi connectivity index (χ0v) is 12.1. The van der Waals surface area contributed by atoms with Crippen LogP contribution in [0.4, 0.5) is 5.82 Å². The Morgan fingerprint density at radius 2 is 2.05 bits per heavy atom. The lowest BCUT2D eigenvalue weighted by molar-refractivity contribution is 0.110. The van der Waals surface area contributed by atoms with Gasteiger partial charge in [0.1, 0.15) is 5.82 Å². The summed E-state index contributed by atoms with van der Waals surface area (Å²) >= 11 is 0. The van der Waals surface area contributed by atoms with E-state index in [9.17, 15) is 5.11 Å². The average molecular weight is 263 g/mol. The molecule has 4 nitrogen and oxygen atoms in total. The van der Waals surface area contributed by atoms with E-state index >= 15 is 0 Å². The van der Waals surface area contributed by atoms with Crippen LogP contribution in [0.25, 0.3) is 0 Å². The first-order valence-corrected chi connectivity index (χ1v) is 7.18. The molecule has 0 saturated carbocycles. The minimum absolute atomic E-state index is 0.189. The van der Waals surface area contributed by atoms with E-state index in [4.69, 9.17) is 0 Å². The minimum Gasteiger partial charge on any atom is -0.393 e. The van der Waals surface area contributed by atoms with Gasteiger partial charge in [0.25, 0.3) is 0 Å². The van der Waals surface area contributed by atoms with Crippen LogP contribution >= 0.6 is 0 Å². The zero-order valence-electron chi connectivity index (χ0n) is 12.1. The Morgan fingerprint density at radius 3 is 2.63 bits per heavy atom. The van der Waals surface area contributed by atoms with Crippen molar-refractivity contribution in [3.63, 3.8) is 0 Å². The number of nitrogens with one attached hydrogen (secondary N) is 1. The number of pyridine rings is 1. The van der Waals surface area contributed by atoms with Crippen molar-refractivity contribution in [2.45, 2.75) is 38.8 Å². The largest absolute Gasteiger partial charge is 0.393 e. The van der Waals surface area contributed by atoms with Gasteiger partial charge in [0, 0.05) is 25.3 Å². The maximum Gasteiger partial charge on any atom is 0.128 e. The van der Waals surface area contributed by atoms with Gasteiger partial charge in [0.2, 0.25) is 0 Å². The Hall–Kier alpha value is -1.13. The van der Waals surface area contributed by atoms with Gasteiger partial charge in [-0.15, -0.1) is 0 Å². The Morgan fingerprint density at radius 1 is 1.37 bits per heavy atom. The minimum atomic E-state index is -0.189. The zero-order chi connectivity index (χ0) is 13.8. The van der Waals surface area contributed by atoms with E-state index in [1.807, 2.05) is 20.2 Å². The average Bonchev–Trinajstić information content (AvgIpc) is 2.46. The topological polar surface area (TPSA) is 48.4 Å². The summed E-state index contributed by atoms with van der Waals surface area (Å²) < 4.78 is 0. The van der Waals surface area contributed by atoms with Crippen molar-refractivity contribution in [3.05, 3.63) is 23.9 Å². The highest BCUT2D eigenvalue weighted by Gasteiger charge is 2.23. The molecule has 0 aliphatic carbocycles. The summed E-state index contributed by atoms with van der Waals surface area (Å²) in [5, 5.41) is 12.9. The van der Waals surface area contributed by atoms with Crippen molar-refractivity contribution in [1.29, 1.82) is 0 Å². The van der Waals surface area contributed by atoms with Crippen LogP contribution in [-0.4, -0.2) is 36.3 Å². The molecule has 106 valence electrons. The van der Waals surface area contributed by atoms with E-state index in [1.165, 1.54) is 5.56 Å². The third-order valence-electron chi connectivity index (χ3n) is 4.25. The molecule has 2 rings (SSSR count). The quantitative estimate of drug-likeness (QED) is 0.872. The van der Waals surface area contributed by atoms with Crippen molar-refractivity contribution < 1.29 is 5.11 Å². The van der Waals surface area contributed by atoms with Gasteiger partial charge in [-0.2, -0.15) is 0 Å². The van der Waals surface area contributed by atoms with Crippen LogP contribution in [0, 0.1) is 5.92 Å². The van der Waals surface area contributed by atoms with Crippen molar-refractivity contribution in [2.24, 2.45) is 5.92 Å². The maximum atomic E-state index is 9.64. The summed E-state index contributed by atoms with van der Waals surface area (Å²) in [4.78, 5) is 6.81. The van der Waals surface area contributed by atoms with E-state index in [2.05, 4.69) is 34.3 Å². The fourth-order valence-electron chi connectivity index (χ4n) is 2.65. The molecule has 0 bridgehead atoms. The number of aliphatic hydroxyl groups is 1. The second-order valence-electron chi connectivity index (χ2n) is 5.52. The van der Waals surface area contributed by atoms with Crippen molar-refractivity contribution in [3.8, 4) is 0 Å². The molecular formula is C15H25N3O. The van der Waals surface area contributed by atoms with Crippen molar-refractivity contribution in [1.82, 2.24) is 10.3 Å². The second-order valence-corrected chi connectivity index (χ2v) is 5.52. The van der Waals surface area contributed by atoms with Gasteiger partial charge in [-0.3, -0.25) is 0 Å². The van der Waals surface area contributed by atoms with Gasteiger partial charge in [0.05, 0.1) is 6.10 Å². The molecule has 1 aromatic rings. The molecule has 4 heteroatoms. The van der Waals surface area contributed by atoms with Gasteiger partial charge < -0.3 is 15.3 Å². The molecular weight excluding hydrogens is 238 g/mol. The monoisotopic (exact) mass is 263 g/mol. The number of aromatic nitrogens is 1. The standard InChI is InChI=1S/C15H25N3O/c1-11(16-3)14-4-7-17-15(10-14)18-8-5-13(6-9-18)12(2)19/h4,7,10-13,16,19H,5-6,8-9H2,1-3H3. The van der Waals surface area contributed by atoms with Crippen LogP contribution in [-0.2, 0) is 0 Å². The molecule has 0 spiro atoms. The first kappa shape index (κ1) is 14.3. The Kier molecular flexibility index (Phi) is 4.77. The predicted molar refractivity (Wildman–Crippen MR) is 78.3 cm³/mol. The smallest absolute Gasteiger partial charge is 0.128 e. The van der Waals surface area contributed by atoms with Crippen molar-refractivity contribution >= 4 is 5.82 Å². The highest BCUT2D eigenvalue weighted by molar-refractivity contribution is 5.42. The highest BCUT2D eigenvalue weighted by atomic mass is 16.3. The molecule has 1 saturated heterocycles. The molecule has 1 aromatic heterocycles. The summed E-state index contributed by atoms with van der Waals surface area (Å²) in [6.45, 7) is 6.02. The van der Waals surface area contributed by atoms with Crippen LogP contribution in [0.2, 0.25) is 0 Å². The molecule has 2 N–H and O–H groups in total. The maximum absolute atomic E-state index is 9.64. The Balaban J connectivity index is 2.03. The lowest BCUT2D eigenvalue weighted by Crippen LogP contribution is -2.37. The third kappa shape index (κ3) is 3.45. The lowest BCUT2D eigenvalue weighted by Gasteiger charge is -2.34. The molecule has 1 aliphatic heterocycles. The molecule has 1 aliphatic rings. The van der Waals surface area contributed by atoms with Crippen LogP contribution in [0.1, 0.15) is 38.3 Å². The fourth-order valence-corrected chi connectivity index (χ4v) is 2.65. The number of hydrogen-bond donors (Lipinski definition) is 2. The Bertz CT molecular complexity index is 400. The fraction of sp³-hybridized carbons (Fsp3) is 0.667. The summed E-state index contributed by atoms with van der Waals surface area (Å²) in [5.74, 6) is 1.50. The number of nitrogens with zero attached hydrogens (tertiary/aromatic N) is 2. The first-order chi connectivity index (χ1) is 9.11. The number of piperidine rings is 1. The molecule has 0 aromatic carbocycles. The van der Waals surface area contributed by atoms with Crippen LogP contribution in [0.5, 0.6) is 0 Å². The Labute approximate surface area is 115 Å². The molecule has 1 fully saturated rings. The third-order valence-corrected chi connectivity index (χ3v) is 4.25. The van der Waals surface area contributed by atoms with Gasteiger partial charge in [-0.05, 0) is 57.4 Å². The first-order valence-electron chi connectivity index (χ1n) is 7.18. The summed E-state index contributed by atoms with van der Waals surface area (Å²) in [6, 6.07) is 4.58. The van der Waals surface area contributed by atoms with Gasteiger partial charge in [0.15, 0.2) is 0 Å². The second kappa shape index (κ2) is 6.35. The van der Waals surface area contributed by atoms with E-state index < -0.39 is 0 Å². The number of hydrogen-bond acceptors (Lipinski definition) is 4. The number of aliphatic hydroxyl groups excluding tert-OH is 1. The van der Waals surface area contributed by atoms with Gasteiger partial charge in [-0.1, -0.05) is 0 Å². The molecule has 2 unspecified atom stereocenters. The van der Waals surface area contributed by atoms with E-state index in [0.29, 0.717) is 12.0 Å². The molecule has 2 heterocycles. The van der Waals surface area contributed by atoms with E-state index in [1.54, 1.807) is 0 Å². The summed E-state index contributed by atoms with van der Waals surface area (Å²) in [7, 11) is 1.97. The summed E-state index contributed by atoms with van der Waals surface area (Å²) in [5.41, 5.74) is 1.27. The van der Waals surface area contributed by atoms with Crippen LogP contribution < -0.4 is 10.2 Å². The van der Waals surface area contributed by atoms with Gasteiger partial charge in [-0.25, -0.2) is 4.98 Å². The predicted octanol–water partition coefficient (Wildman–Crippen LogP) is 1.96. The molecule has 0 radical (unpaired) electrons. The molecule has 2 atom stereocenters. The molecule has 19 heavy (non-hydrogen) atoms. The normalized spacial score (nSPS) is 20.3. The van der Waals surface area contributed by atoms with Crippen LogP contribution in [0.3, 0.4) is 0 Å². The lowest BCUT2D eigenvalue weighted by atomic mass is 9.92. The van der Waals surface area contributed by atoms with E-state index in [-0.39, 0.29) is 6.10 Å². The number of rotatable bonds is 4. The number of anilines is 1.